The first-order valence-corrected chi connectivity index (χ1v) is 21.6. The summed E-state index contributed by atoms with van der Waals surface area (Å²) in [6.07, 6.45) is 0. The summed E-state index contributed by atoms with van der Waals surface area (Å²) in [4.78, 5) is 16.1. The number of hydrogen-bond donors (Lipinski definition) is 0. The number of furan rings is 1. The molecular formula is C59H36N4O. The number of fused-ring (bicyclic) bond motifs is 9. The maximum atomic E-state index is 6.79. The Hall–Kier alpha value is -8.67. The van der Waals surface area contributed by atoms with Gasteiger partial charge in [0.25, 0.3) is 0 Å². The number of rotatable bonds is 6. The average molecular weight is 817 g/mol. The summed E-state index contributed by atoms with van der Waals surface area (Å²) in [6, 6.07) is 76.9. The minimum atomic E-state index is 0.560. The molecule has 5 heteroatoms. The van der Waals surface area contributed by atoms with Crippen LogP contribution in [0.25, 0.3) is 127 Å². The van der Waals surface area contributed by atoms with E-state index < -0.39 is 0 Å². The highest BCUT2D eigenvalue weighted by atomic mass is 16.3. The molecule has 0 fully saturated rings. The highest BCUT2D eigenvalue weighted by Gasteiger charge is 2.23. The second-order valence-corrected chi connectivity index (χ2v) is 16.4. The Balaban J connectivity index is 1.11. The van der Waals surface area contributed by atoms with Crippen LogP contribution in [-0.2, 0) is 0 Å². The SMILES string of the molecule is c1ccc(-c2cccc(-c3nc(-c4cccc(-c5ccccc5)c4)nc(-c4cc(-n5c6cc7ccccc7cc6c6c7ccccc7ccc65)cc5oc6ccccc6c45)n3)c2)cc1. The fourth-order valence-corrected chi connectivity index (χ4v) is 9.59. The standard InChI is InChI=1S/C59H36N4O/c1-3-15-37(16-4-1)40-22-13-24-44(31-40)57-60-58(45-25-14-23-41(32-45)38-17-5-2-6-18-38)62-59(61-57)50-35-46(36-54-56(50)48-27-11-12-28-53(48)64-54)63-51-30-29-39-19-9-10-26-47(39)55(51)49-33-42-20-7-8-21-43(42)34-52(49)63/h1-36H. The molecule has 0 unspecified atom stereocenters. The Morgan fingerprint density at radius 2 is 0.859 bits per heavy atom. The molecule has 3 aromatic heterocycles. The van der Waals surface area contributed by atoms with Gasteiger partial charge in [0, 0.05) is 44.3 Å². The van der Waals surface area contributed by atoms with Gasteiger partial charge >= 0.3 is 0 Å². The Bertz CT molecular complexity index is 3860. The summed E-state index contributed by atoms with van der Waals surface area (Å²) in [5.74, 6) is 1.73. The maximum Gasteiger partial charge on any atom is 0.164 e. The van der Waals surface area contributed by atoms with E-state index in [2.05, 4.69) is 199 Å². The van der Waals surface area contributed by atoms with Crippen molar-refractivity contribution < 1.29 is 4.42 Å². The summed E-state index contributed by atoms with van der Waals surface area (Å²) in [5, 5.41) is 9.16. The zero-order valence-electron chi connectivity index (χ0n) is 34.5. The van der Waals surface area contributed by atoms with Gasteiger partial charge in [-0.05, 0) is 86.3 Å². The molecule has 0 spiro atoms. The number of benzene rings is 10. The third kappa shape index (κ3) is 5.90. The van der Waals surface area contributed by atoms with E-state index in [1.54, 1.807) is 0 Å². The Morgan fingerprint density at radius 3 is 1.55 bits per heavy atom. The van der Waals surface area contributed by atoms with E-state index in [4.69, 9.17) is 19.4 Å². The van der Waals surface area contributed by atoms with Crippen LogP contribution in [0.1, 0.15) is 0 Å². The first kappa shape index (κ1) is 36.0. The van der Waals surface area contributed by atoms with Gasteiger partial charge in [-0.25, -0.2) is 15.0 Å². The first-order valence-electron chi connectivity index (χ1n) is 21.6. The van der Waals surface area contributed by atoms with Crippen LogP contribution in [0.2, 0.25) is 0 Å². The molecule has 0 saturated carbocycles. The van der Waals surface area contributed by atoms with Crippen LogP contribution in [0, 0.1) is 0 Å². The molecule has 0 aliphatic rings. The summed E-state index contributed by atoms with van der Waals surface area (Å²) >= 11 is 0. The number of aromatic nitrogens is 4. The molecule has 10 aromatic carbocycles. The third-order valence-corrected chi connectivity index (χ3v) is 12.6. The van der Waals surface area contributed by atoms with Crippen LogP contribution in [-0.4, -0.2) is 19.5 Å². The molecule has 0 aliphatic heterocycles. The van der Waals surface area contributed by atoms with Gasteiger partial charge in [-0.15, -0.1) is 0 Å². The van der Waals surface area contributed by atoms with Crippen LogP contribution in [0.3, 0.4) is 0 Å². The van der Waals surface area contributed by atoms with E-state index in [0.29, 0.717) is 17.5 Å². The normalized spacial score (nSPS) is 11.8. The second-order valence-electron chi connectivity index (χ2n) is 16.4. The van der Waals surface area contributed by atoms with E-state index in [1.807, 2.05) is 24.3 Å². The predicted octanol–water partition coefficient (Wildman–Crippen LogP) is 15.5. The lowest BCUT2D eigenvalue weighted by atomic mass is 10.0. The molecule has 64 heavy (non-hydrogen) atoms. The lowest BCUT2D eigenvalue weighted by Crippen LogP contribution is -2.02. The van der Waals surface area contributed by atoms with Crippen molar-refractivity contribution in [2.75, 3.05) is 0 Å². The topological polar surface area (TPSA) is 56.7 Å². The van der Waals surface area contributed by atoms with Crippen molar-refractivity contribution in [3.63, 3.8) is 0 Å². The molecular weight excluding hydrogens is 781 g/mol. The average Bonchev–Trinajstić information content (AvgIpc) is 3.91. The monoisotopic (exact) mass is 816 g/mol. The highest BCUT2D eigenvalue weighted by Crippen LogP contribution is 2.43. The first-order chi connectivity index (χ1) is 31.7. The van der Waals surface area contributed by atoms with Gasteiger partial charge in [0.1, 0.15) is 11.2 Å². The molecule has 0 amide bonds. The molecule has 0 radical (unpaired) electrons. The van der Waals surface area contributed by atoms with Crippen molar-refractivity contribution >= 4 is 65.3 Å². The van der Waals surface area contributed by atoms with Crippen LogP contribution in [0.5, 0.6) is 0 Å². The third-order valence-electron chi connectivity index (χ3n) is 12.6. The Morgan fingerprint density at radius 1 is 0.312 bits per heavy atom. The summed E-state index contributed by atoms with van der Waals surface area (Å²) in [5.41, 5.74) is 11.8. The molecule has 13 rings (SSSR count). The van der Waals surface area contributed by atoms with Crippen LogP contribution < -0.4 is 0 Å². The summed E-state index contributed by atoms with van der Waals surface area (Å²) in [7, 11) is 0. The number of nitrogens with zero attached hydrogens (tertiary/aromatic N) is 4. The molecule has 0 saturated heterocycles. The van der Waals surface area contributed by atoms with E-state index in [1.165, 1.54) is 32.3 Å². The Labute approximate surface area is 368 Å². The van der Waals surface area contributed by atoms with E-state index >= 15 is 0 Å². The van der Waals surface area contributed by atoms with E-state index in [-0.39, 0.29) is 0 Å². The van der Waals surface area contributed by atoms with Crippen molar-refractivity contribution in [3.8, 4) is 62.1 Å². The fraction of sp³-hybridized carbons (Fsp3) is 0. The van der Waals surface area contributed by atoms with Gasteiger partial charge < -0.3 is 8.98 Å². The zero-order valence-corrected chi connectivity index (χ0v) is 34.5. The van der Waals surface area contributed by atoms with Gasteiger partial charge in [0.2, 0.25) is 0 Å². The largest absolute Gasteiger partial charge is 0.456 e. The molecule has 0 aliphatic carbocycles. The lowest BCUT2D eigenvalue weighted by Gasteiger charge is -2.14. The highest BCUT2D eigenvalue weighted by molar-refractivity contribution is 6.23. The minimum Gasteiger partial charge on any atom is -0.456 e. The molecule has 3 heterocycles. The van der Waals surface area contributed by atoms with Crippen LogP contribution in [0.4, 0.5) is 0 Å². The molecule has 298 valence electrons. The second kappa shape index (κ2) is 14.5. The molecule has 5 nitrogen and oxygen atoms in total. The number of para-hydroxylation sites is 1. The molecule has 0 atom stereocenters. The maximum absolute atomic E-state index is 6.79. The van der Waals surface area contributed by atoms with Gasteiger partial charge in [-0.1, -0.05) is 170 Å². The lowest BCUT2D eigenvalue weighted by molar-refractivity contribution is 0.668. The van der Waals surface area contributed by atoms with Gasteiger partial charge in [0.05, 0.1) is 16.7 Å². The van der Waals surface area contributed by atoms with Crippen molar-refractivity contribution in [2.45, 2.75) is 0 Å². The number of hydrogen-bond acceptors (Lipinski definition) is 4. The smallest absolute Gasteiger partial charge is 0.164 e. The van der Waals surface area contributed by atoms with Gasteiger partial charge in [-0.3, -0.25) is 0 Å². The van der Waals surface area contributed by atoms with Gasteiger partial charge in [0.15, 0.2) is 17.5 Å². The van der Waals surface area contributed by atoms with Crippen molar-refractivity contribution in [1.29, 1.82) is 0 Å². The molecule has 0 N–H and O–H groups in total. The molecule has 13 aromatic rings. The van der Waals surface area contributed by atoms with Crippen molar-refractivity contribution in [1.82, 2.24) is 19.5 Å². The van der Waals surface area contributed by atoms with E-state index in [0.717, 1.165) is 77.6 Å². The predicted molar refractivity (Wildman–Crippen MR) is 264 cm³/mol. The van der Waals surface area contributed by atoms with Crippen molar-refractivity contribution in [2.24, 2.45) is 0 Å². The summed E-state index contributed by atoms with van der Waals surface area (Å²) < 4.78 is 9.18. The van der Waals surface area contributed by atoms with E-state index in [9.17, 15) is 0 Å². The zero-order chi connectivity index (χ0) is 42.1. The quantitative estimate of drug-likeness (QED) is 0.168. The molecule has 0 bridgehead atoms. The summed E-state index contributed by atoms with van der Waals surface area (Å²) in [6.45, 7) is 0. The van der Waals surface area contributed by atoms with Crippen LogP contribution >= 0.6 is 0 Å². The Kier molecular flexibility index (Phi) is 8.15. The van der Waals surface area contributed by atoms with Crippen molar-refractivity contribution in [3.05, 3.63) is 218 Å². The minimum absolute atomic E-state index is 0.560. The van der Waals surface area contributed by atoms with Gasteiger partial charge in [-0.2, -0.15) is 0 Å². The fourth-order valence-electron chi connectivity index (χ4n) is 9.59. The van der Waals surface area contributed by atoms with Crippen LogP contribution in [0.15, 0.2) is 223 Å².